The lowest BCUT2D eigenvalue weighted by molar-refractivity contribution is -0.131. The number of piperazine rings is 1. The van der Waals surface area contributed by atoms with Crippen molar-refractivity contribution in [3.05, 3.63) is 66.3 Å². The predicted molar refractivity (Wildman–Crippen MR) is 172 cm³/mol. The van der Waals surface area contributed by atoms with Crippen molar-refractivity contribution in [1.29, 1.82) is 5.26 Å². The monoisotopic (exact) mass is 659 g/mol. The molecule has 2 aromatic carbocycles. The third-order valence-electron chi connectivity index (χ3n) is 9.79. The van der Waals surface area contributed by atoms with Crippen LogP contribution in [0.3, 0.4) is 0 Å². The zero-order chi connectivity index (χ0) is 33.8. The van der Waals surface area contributed by atoms with Gasteiger partial charge >= 0.3 is 6.01 Å². The van der Waals surface area contributed by atoms with Crippen molar-refractivity contribution in [1.82, 2.24) is 24.8 Å². The molecule has 2 atom stereocenters. The maximum absolute atomic E-state index is 16.1. The molecule has 3 aliphatic heterocycles. The average molecular weight is 660 g/mol. The van der Waals surface area contributed by atoms with Gasteiger partial charge in [-0.25, -0.2) is 22.5 Å². The number of carbonyl (C=O) groups excluding carboxylic acids is 1. The van der Waals surface area contributed by atoms with Gasteiger partial charge in [0.1, 0.15) is 23.9 Å². The minimum Gasteiger partial charge on any atom is -0.461 e. The van der Waals surface area contributed by atoms with Gasteiger partial charge in [0.05, 0.1) is 36.0 Å². The third-order valence-corrected chi connectivity index (χ3v) is 9.79. The van der Waals surface area contributed by atoms with E-state index in [4.69, 9.17) is 9.72 Å². The van der Waals surface area contributed by atoms with Crippen LogP contribution in [0, 0.1) is 24.1 Å². The molecule has 0 bridgehead atoms. The number of pyridine rings is 1. The van der Waals surface area contributed by atoms with Crippen molar-refractivity contribution in [2.24, 2.45) is 0 Å². The molecule has 13 heteroatoms. The molecule has 0 radical (unpaired) electrons. The smallest absolute Gasteiger partial charge is 0.320 e. The van der Waals surface area contributed by atoms with Crippen molar-refractivity contribution in [3.63, 3.8) is 0 Å². The Morgan fingerprint density at radius 1 is 1.15 bits per heavy atom. The standard InChI is InChI=1S/C35H33F4N7O2/c1-21-6-3-7-23-8-4-9-25(28(21)23)29-27(37)16-26-30(41-29)42-33(48-20-34-11-5-13-45(34)19-35(38,39)18-34)43-31(26)44-14-15-46(32(47)22(2)36)24(17-44)10-12-40/h3-4,6-9,16,24H,2,5,10-11,13-15,17-20H2,1H3/t24-,34-/m0/s1. The number of aromatic nitrogens is 3. The van der Waals surface area contributed by atoms with Crippen molar-refractivity contribution < 1.29 is 27.1 Å². The molecule has 7 rings (SSSR count). The van der Waals surface area contributed by atoms with Gasteiger partial charge in [-0.3, -0.25) is 9.69 Å². The van der Waals surface area contributed by atoms with Gasteiger partial charge in [0, 0.05) is 31.6 Å². The second-order valence-corrected chi connectivity index (χ2v) is 12.9. The Morgan fingerprint density at radius 2 is 1.94 bits per heavy atom. The van der Waals surface area contributed by atoms with Crippen LogP contribution < -0.4 is 9.64 Å². The fraction of sp³-hybridized carbons (Fsp3) is 0.400. The Labute approximate surface area is 274 Å². The van der Waals surface area contributed by atoms with E-state index in [0.717, 1.165) is 22.8 Å². The van der Waals surface area contributed by atoms with Crippen LogP contribution in [-0.2, 0) is 4.79 Å². The first-order chi connectivity index (χ1) is 23.0. The number of amides is 1. The highest BCUT2D eigenvalue weighted by Crippen LogP contribution is 2.46. The highest BCUT2D eigenvalue weighted by molar-refractivity contribution is 5.99. The Morgan fingerprint density at radius 3 is 2.71 bits per heavy atom. The fourth-order valence-corrected chi connectivity index (χ4v) is 7.64. The number of rotatable bonds is 7. The zero-order valence-corrected chi connectivity index (χ0v) is 26.4. The molecular formula is C35H33F4N7O2. The summed E-state index contributed by atoms with van der Waals surface area (Å²) in [6.45, 7) is 5.50. The number of nitriles is 1. The summed E-state index contributed by atoms with van der Waals surface area (Å²) in [6.07, 6.45) is 0.890. The molecule has 9 nitrogen and oxygen atoms in total. The summed E-state index contributed by atoms with van der Waals surface area (Å²) in [7, 11) is 0. The van der Waals surface area contributed by atoms with Gasteiger partial charge < -0.3 is 14.5 Å². The molecule has 248 valence electrons. The highest BCUT2D eigenvalue weighted by atomic mass is 19.3. The number of halogens is 4. The zero-order valence-electron chi connectivity index (χ0n) is 26.4. The summed E-state index contributed by atoms with van der Waals surface area (Å²) >= 11 is 0. The summed E-state index contributed by atoms with van der Waals surface area (Å²) in [6, 6.07) is 13.9. The van der Waals surface area contributed by atoms with E-state index in [-0.39, 0.29) is 74.2 Å². The molecule has 4 aromatic rings. The summed E-state index contributed by atoms with van der Waals surface area (Å²) in [4.78, 5) is 31.2. The lowest BCUT2D eigenvalue weighted by Gasteiger charge is -2.41. The van der Waals surface area contributed by atoms with E-state index in [9.17, 15) is 23.2 Å². The molecule has 0 N–H and O–H groups in total. The van der Waals surface area contributed by atoms with Crippen molar-refractivity contribution in [3.8, 4) is 23.3 Å². The second-order valence-electron chi connectivity index (χ2n) is 12.9. The number of alkyl halides is 2. The van der Waals surface area contributed by atoms with E-state index in [1.54, 1.807) is 15.9 Å². The minimum absolute atomic E-state index is 0.0479. The van der Waals surface area contributed by atoms with Gasteiger partial charge in [-0.1, -0.05) is 43.0 Å². The number of ether oxygens (including phenoxy) is 1. The second kappa shape index (κ2) is 12.0. The highest BCUT2D eigenvalue weighted by Gasteiger charge is 2.57. The number of hydrogen-bond donors (Lipinski definition) is 0. The van der Waals surface area contributed by atoms with Crippen LogP contribution in [0.25, 0.3) is 33.1 Å². The van der Waals surface area contributed by atoms with Gasteiger partial charge in [-0.15, -0.1) is 0 Å². The number of anilines is 1. The summed E-state index contributed by atoms with van der Waals surface area (Å²) < 4.78 is 65.1. The van der Waals surface area contributed by atoms with Crippen LogP contribution in [0.2, 0.25) is 0 Å². The van der Waals surface area contributed by atoms with Crippen LogP contribution >= 0.6 is 0 Å². The van der Waals surface area contributed by atoms with Crippen LogP contribution in [0.15, 0.2) is 54.9 Å². The minimum atomic E-state index is -2.83. The van der Waals surface area contributed by atoms with Gasteiger partial charge in [-0.2, -0.15) is 15.2 Å². The number of nitrogens with zero attached hydrogens (tertiary/aromatic N) is 7. The lowest BCUT2D eigenvalue weighted by Crippen LogP contribution is -2.55. The molecule has 3 fully saturated rings. The normalized spacial score (nSPS) is 22.2. The maximum atomic E-state index is 16.1. The van der Waals surface area contributed by atoms with Crippen molar-refractivity contribution in [2.45, 2.75) is 50.1 Å². The summed E-state index contributed by atoms with van der Waals surface area (Å²) in [5, 5.41) is 11.5. The predicted octanol–water partition coefficient (Wildman–Crippen LogP) is 5.96. The quantitative estimate of drug-likeness (QED) is 0.177. The largest absolute Gasteiger partial charge is 0.461 e. The molecule has 0 saturated carbocycles. The van der Waals surface area contributed by atoms with Gasteiger partial charge in [0.15, 0.2) is 11.5 Å². The number of fused-ring (bicyclic) bond motifs is 3. The Hall–Kier alpha value is -4.83. The Kier molecular flexibility index (Phi) is 7.94. The molecule has 5 heterocycles. The Bertz CT molecular complexity index is 1990. The first-order valence-corrected chi connectivity index (χ1v) is 15.9. The van der Waals surface area contributed by atoms with Crippen LogP contribution in [0.1, 0.15) is 31.2 Å². The Balaban J connectivity index is 1.32. The molecule has 3 saturated heterocycles. The lowest BCUT2D eigenvalue weighted by atomic mass is 9.94. The first-order valence-electron chi connectivity index (χ1n) is 15.9. The van der Waals surface area contributed by atoms with E-state index < -0.39 is 35.1 Å². The molecule has 0 aliphatic carbocycles. The maximum Gasteiger partial charge on any atom is 0.320 e. The molecule has 3 aliphatic rings. The van der Waals surface area contributed by atoms with Gasteiger partial charge in [0.25, 0.3) is 11.8 Å². The molecule has 0 spiro atoms. The topological polar surface area (TPSA) is 98.5 Å². The molecular weight excluding hydrogens is 626 g/mol. The third kappa shape index (κ3) is 5.57. The summed E-state index contributed by atoms with van der Waals surface area (Å²) in [5.41, 5.74) is 0.865. The van der Waals surface area contributed by atoms with E-state index in [1.165, 1.54) is 11.0 Å². The van der Waals surface area contributed by atoms with Crippen LogP contribution in [-0.4, -0.2) is 87.5 Å². The van der Waals surface area contributed by atoms with Gasteiger partial charge in [-0.05, 0) is 48.7 Å². The van der Waals surface area contributed by atoms with E-state index >= 15 is 4.39 Å². The molecule has 48 heavy (non-hydrogen) atoms. The average Bonchev–Trinajstić information content (AvgIpc) is 3.55. The fourth-order valence-electron chi connectivity index (χ4n) is 7.64. The number of benzene rings is 2. The van der Waals surface area contributed by atoms with Crippen molar-refractivity contribution in [2.75, 3.05) is 44.2 Å². The number of aryl methyl sites for hydroxylation is 1. The van der Waals surface area contributed by atoms with Crippen molar-refractivity contribution >= 4 is 33.5 Å². The van der Waals surface area contributed by atoms with Crippen LogP contribution in [0.4, 0.5) is 23.4 Å². The van der Waals surface area contributed by atoms with Gasteiger partial charge in [0.2, 0.25) is 0 Å². The summed E-state index contributed by atoms with van der Waals surface area (Å²) in [5.74, 6) is -5.23. The first kappa shape index (κ1) is 31.8. The SMILES string of the molecule is C=C(F)C(=O)N1CCN(c2nc(OC[C@@]34CCCN3CC(F)(F)C4)nc3nc(-c4cccc5cccc(C)c45)c(F)cc23)C[C@@H]1CC#N. The number of carbonyl (C=O) groups is 1. The van der Waals surface area contributed by atoms with E-state index in [0.29, 0.717) is 18.5 Å². The van der Waals surface area contributed by atoms with E-state index in [1.807, 2.05) is 43.3 Å². The molecule has 2 aromatic heterocycles. The molecule has 0 unspecified atom stereocenters. The van der Waals surface area contributed by atoms with Crippen LogP contribution in [0.5, 0.6) is 6.01 Å². The number of hydrogen-bond acceptors (Lipinski definition) is 8. The molecule has 1 amide bonds. The van der Waals surface area contributed by atoms with E-state index in [2.05, 4.69) is 16.5 Å².